The Morgan fingerprint density at radius 1 is 1.08 bits per heavy atom. The SMILES string of the molecule is Cc1cccc(C2CCCCCN2C(=O)NCc2ccccc2)c1. The van der Waals surface area contributed by atoms with Crippen molar-refractivity contribution in [1.29, 1.82) is 0 Å². The fraction of sp³-hybridized carbons (Fsp3) is 0.381. The predicted octanol–water partition coefficient (Wildman–Crippen LogP) is 4.82. The molecule has 1 heterocycles. The Kier molecular flexibility index (Phi) is 5.52. The molecule has 1 atom stereocenters. The van der Waals surface area contributed by atoms with Gasteiger partial charge in [-0.15, -0.1) is 0 Å². The lowest BCUT2D eigenvalue weighted by atomic mass is 9.99. The van der Waals surface area contributed by atoms with Crippen molar-refractivity contribution in [3.63, 3.8) is 0 Å². The highest BCUT2D eigenvalue weighted by Gasteiger charge is 2.26. The smallest absolute Gasteiger partial charge is 0.318 e. The largest absolute Gasteiger partial charge is 0.334 e. The first-order valence-electron chi connectivity index (χ1n) is 8.89. The van der Waals surface area contributed by atoms with Gasteiger partial charge >= 0.3 is 6.03 Å². The van der Waals surface area contributed by atoms with Crippen molar-refractivity contribution in [3.05, 3.63) is 71.3 Å². The van der Waals surface area contributed by atoms with Gasteiger partial charge in [0.25, 0.3) is 0 Å². The molecule has 126 valence electrons. The lowest BCUT2D eigenvalue weighted by Crippen LogP contribution is -2.41. The topological polar surface area (TPSA) is 32.3 Å². The lowest BCUT2D eigenvalue weighted by Gasteiger charge is -2.31. The van der Waals surface area contributed by atoms with Crippen molar-refractivity contribution in [2.75, 3.05) is 6.54 Å². The van der Waals surface area contributed by atoms with Crippen molar-refractivity contribution in [1.82, 2.24) is 10.2 Å². The van der Waals surface area contributed by atoms with E-state index in [0.717, 1.165) is 24.9 Å². The van der Waals surface area contributed by atoms with Gasteiger partial charge in [-0.25, -0.2) is 4.79 Å². The molecule has 1 N–H and O–H groups in total. The van der Waals surface area contributed by atoms with Gasteiger partial charge in [0.2, 0.25) is 0 Å². The Morgan fingerprint density at radius 3 is 2.71 bits per heavy atom. The van der Waals surface area contributed by atoms with Crippen molar-refractivity contribution in [2.45, 2.75) is 45.2 Å². The molecule has 0 bridgehead atoms. The van der Waals surface area contributed by atoms with Crippen LogP contribution in [-0.4, -0.2) is 17.5 Å². The Hall–Kier alpha value is -2.29. The van der Waals surface area contributed by atoms with E-state index in [1.165, 1.54) is 24.0 Å². The third kappa shape index (κ3) is 4.16. The summed E-state index contributed by atoms with van der Waals surface area (Å²) in [4.78, 5) is 14.8. The molecule has 0 aromatic heterocycles. The van der Waals surface area contributed by atoms with Crippen molar-refractivity contribution in [2.24, 2.45) is 0 Å². The number of nitrogens with zero attached hydrogens (tertiary/aromatic N) is 1. The lowest BCUT2D eigenvalue weighted by molar-refractivity contribution is 0.175. The predicted molar refractivity (Wildman–Crippen MR) is 97.8 cm³/mol. The van der Waals surface area contributed by atoms with E-state index in [2.05, 4.69) is 36.5 Å². The number of carbonyl (C=O) groups excluding carboxylic acids is 1. The van der Waals surface area contributed by atoms with Crippen LogP contribution in [0.3, 0.4) is 0 Å². The number of urea groups is 1. The molecule has 0 spiro atoms. The zero-order valence-electron chi connectivity index (χ0n) is 14.4. The van der Waals surface area contributed by atoms with Gasteiger partial charge in [-0.05, 0) is 30.9 Å². The maximum atomic E-state index is 12.8. The summed E-state index contributed by atoms with van der Waals surface area (Å²) in [7, 11) is 0. The van der Waals surface area contributed by atoms with E-state index in [0.29, 0.717) is 6.54 Å². The molecule has 2 amide bonds. The number of carbonyl (C=O) groups is 1. The molecule has 3 rings (SSSR count). The molecule has 1 aliphatic rings. The molecule has 1 fully saturated rings. The quantitative estimate of drug-likeness (QED) is 0.863. The monoisotopic (exact) mass is 322 g/mol. The average molecular weight is 322 g/mol. The van der Waals surface area contributed by atoms with Gasteiger partial charge in [-0.1, -0.05) is 73.0 Å². The van der Waals surface area contributed by atoms with E-state index in [-0.39, 0.29) is 12.1 Å². The normalized spacial score (nSPS) is 18.0. The van der Waals surface area contributed by atoms with Crippen LogP contribution < -0.4 is 5.32 Å². The third-order valence-corrected chi connectivity index (χ3v) is 4.73. The summed E-state index contributed by atoms with van der Waals surface area (Å²) < 4.78 is 0. The molecule has 0 aliphatic carbocycles. The fourth-order valence-corrected chi connectivity index (χ4v) is 3.45. The number of hydrogen-bond acceptors (Lipinski definition) is 1. The molecule has 1 saturated heterocycles. The summed E-state index contributed by atoms with van der Waals surface area (Å²) in [6.07, 6.45) is 4.51. The molecule has 24 heavy (non-hydrogen) atoms. The van der Waals surface area contributed by atoms with Crippen LogP contribution >= 0.6 is 0 Å². The van der Waals surface area contributed by atoms with E-state index >= 15 is 0 Å². The van der Waals surface area contributed by atoms with Crippen LogP contribution in [0.2, 0.25) is 0 Å². The minimum atomic E-state index is 0.0484. The molecular formula is C21H26N2O. The highest BCUT2D eigenvalue weighted by atomic mass is 16.2. The van der Waals surface area contributed by atoms with Crippen molar-refractivity contribution < 1.29 is 4.79 Å². The van der Waals surface area contributed by atoms with E-state index in [1.807, 2.05) is 35.2 Å². The number of aryl methyl sites for hydroxylation is 1. The average Bonchev–Trinajstić information content (AvgIpc) is 2.86. The van der Waals surface area contributed by atoms with Crippen LogP contribution in [0, 0.1) is 6.92 Å². The second-order valence-corrected chi connectivity index (χ2v) is 6.62. The Labute approximate surface area is 144 Å². The Balaban J connectivity index is 1.73. The van der Waals surface area contributed by atoms with Gasteiger partial charge in [0.1, 0.15) is 0 Å². The molecule has 2 aromatic rings. The second kappa shape index (κ2) is 8.00. The van der Waals surface area contributed by atoms with Crippen LogP contribution in [0.25, 0.3) is 0 Å². The van der Waals surface area contributed by atoms with Gasteiger partial charge in [0.15, 0.2) is 0 Å². The van der Waals surface area contributed by atoms with Crippen LogP contribution in [0.5, 0.6) is 0 Å². The first kappa shape index (κ1) is 16.6. The van der Waals surface area contributed by atoms with Gasteiger partial charge < -0.3 is 10.2 Å². The number of amides is 2. The van der Waals surface area contributed by atoms with Crippen LogP contribution in [0.4, 0.5) is 4.79 Å². The van der Waals surface area contributed by atoms with E-state index < -0.39 is 0 Å². The molecule has 0 saturated carbocycles. The summed E-state index contributed by atoms with van der Waals surface area (Å²) in [5, 5.41) is 3.10. The molecule has 3 nitrogen and oxygen atoms in total. The Bertz CT molecular complexity index is 669. The maximum absolute atomic E-state index is 12.8. The number of likely N-dealkylation sites (tertiary alicyclic amines) is 1. The summed E-state index contributed by atoms with van der Waals surface area (Å²) in [5.74, 6) is 0. The molecule has 3 heteroatoms. The van der Waals surface area contributed by atoms with Gasteiger partial charge in [0.05, 0.1) is 6.04 Å². The van der Waals surface area contributed by atoms with Crippen LogP contribution in [0.15, 0.2) is 54.6 Å². The summed E-state index contributed by atoms with van der Waals surface area (Å²) in [6, 6.07) is 18.9. The second-order valence-electron chi connectivity index (χ2n) is 6.62. The molecule has 0 radical (unpaired) electrons. The summed E-state index contributed by atoms with van der Waals surface area (Å²) >= 11 is 0. The van der Waals surface area contributed by atoms with Crippen molar-refractivity contribution >= 4 is 6.03 Å². The Morgan fingerprint density at radius 2 is 1.92 bits per heavy atom. The maximum Gasteiger partial charge on any atom is 0.318 e. The highest BCUT2D eigenvalue weighted by Crippen LogP contribution is 2.30. The third-order valence-electron chi connectivity index (χ3n) is 4.73. The van der Waals surface area contributed by atoms with E-state index in [9.17, 15) is 4.79 Å². The van der Waals surface area contributed by atoms with E-state index in [4.69, 9.17) is 0 Å². The molecule has 1 aliphatic heterocycles. The van der Waals surface area contributed by atoms with Gasteiger partial charge in [-0.3, -0.25) is 0 Å². The van der Waals surface area contributed by atoms with Crippen LogP contribution in [-0.2, 0) is 6.54 Å². The molecular weight excluding hydrogens is 296 g/mol. The zero-order chi connectivity index (χ0) is 16.8. The number of nitrogens with one attached hydrogen (secondary N) is 1. The first-order chi connectivity index (χ1) is 11.7. The van der Waals surface area contributed by atoms with Gasteiger partial charge in [0, 0.05) is 13.1 Å². The zero-order valence-corrected chi connectivity index (χ0v) is 14.4. The number of hydrogen-bond donors (Lipinski definition) is 1. The summed E-state index contributed by atoms with van der Waals surface area (Å²) in [5.41, 5.74) is 3.64. The standard InChI is InChI=1S/C21H26N2O/c1-17-9-8-12-19(15-17)20-13-6-3-7-14-23(20)21(24)22-16-18-10-4-2-5-11-18/h2,4-5,8-12,15,20H,3,6-7,13-14,16H2,1H3,(H,22,24). The van der Waals surface area contributed by atoms with E-state index in [1.54, 1.807) is 0 Å². The first-order valence-corrected chi connectivity index (χ1v) is 8.89. The minimum Gasteiger partial charge on any atom is -0.334 e. The summed E-state index contributed by atoms with van der Waals surface area (Å²) in [6.45, 7) is 3.52. The number of rotatable bonds is 3. The van der Waals surface area contributed by atoms with Gasteiger partial charge in [-0.2, -0.15) is 0 Å². The fourth-order valence-electron chi connectivity index (χ4n) is 3.45. The van der Waals surface area contributed by atoms with Crippen molar-refractivity contribution in [3.8, 4) is 0 Å². The molecule has 2 aromatic carbocycles. The number of benzene rings is 2. The highest BCUT2D eigenvalue weighted by molar-refractivity contribution is 5.74. The molecule has 1 unspecified atom stereocenters. The van der Waals surface area contributed by atoms with Crippen LogP contribution in [0.1, 0.15) is 48.4 Å². The minimum absolute atomic E-state index is 0.0484.